The Kier molecular flexibility index (Phi) is 4.71. The lowest BCUT2D eigenvalue weighted by atomic mass is 9.94. The van der Waals surface area contributed by atoms with Gasteiger partial charge in [0, 0.05) is 0 Å². The second-order valence-electron chi connectivity index (χ2n) is 7.49. The number of fused-ring (bicyclic) bond motifs is 1. The summed E-state index contributed by atoms with van der Waals surface area (Å²) in [4.78, 5) is 24.3. The Morgan fingerprint density at radius 1 is 1.17 bits per heavy atom. The van der Waals surface area contributed by atoms with Crippen molar-refractivity contribution in [2.24, 2.45) is 17.4 Å². The average molecular weight is 394 g/mol. The van der Waals surface area contributed by atoms with E-state index in [1.165, 1.54) is 0 Å². The molecule has 0 bridgehead atoms. The number of nitrogens with two attached hydrogens (primary N) is 2. The van der Waals surface area contributed by atoms with E-state index in [1.54, 1.807) is 7.11 Å². The molecule has 1 aliphatic heterocycles. The van der Waals surface area contributed by atoms with Crippen molar-refractivity contribution in [3.8, 4) is 16.9 Å². The molecule has 1 aliphatic rings. The molecule has 0 radical (unpaired) electrons. The maximum Gasteiger partial charge on any atom is 0.420 e. The van der Waals surface area contributed by atoms with Gasteiger partial charge in [0.05, 0.1) is 30.5 Å². The van der Waals surface area contributed by atoms with Gasteiger partial charge in [-0.15, -0.1) is 5.10 Å². The Morgan fingerprint density at radius 2 is 1.97 bits per heavy atom. The van der Waals surface area contributed by atoms with Crippen molar-refractivity contribution in [3.63, 3.8) is 0 Å². The number of benzene rings is 2. The number of nitrogens with zero attached hydrogens (tertiary/aromatic N) is 2. The lowest BCUT2D eigenvalue weighted by molar-refractivity contribution is -0.122. The number of amides is 3. The number of aromatic amines is 1. The molecule has 2 atom stereocenters. The first-order chi connectivity index (χ1) is 13.9. The summed E-state index contributed by atoms with van der Waals surface area (Å²) in [5.74, 6) is 0.500. The predicted octanol–water partition coefficient (Wildman–Crippen LogP) is 2.52. The Bertz CT molecular complexity index is 1090. The SMILES string of the molecule is COc1cccc(-c2ccc3c([N+]4(C(N)=O)CCCC(C(N)=O)C4)n[nH]c3c2)c1. The zero-order chi connectivity index (χ0) is 20.6. The summed E-state index contributed by atoms with van der Waals surface area (Å²) in [6.07, 6.45) is 1.33. The molecule has 1 saturated heterocycles. The first-order valence-corrected chi connectivity index (χ1v) is 9.54. The Balaban J connectivity index is 1.78. The molecule has 8 heteroatoms. The van der Waals surface area contributed by atoms with Crippen molar-refractivity contribution in [3.05, 3.63) is 42.5 Å². The summed E-state index contributed by atoms with van der Waals surface area (Å²) >= 11 is 0. The van der Waals surface area contributed by atoms with Gasteiger partial charge in [-0.1, -0.05) is 18.2 Å². The number of primary amides is 2. The fourth-order valence-electron chi connectivity index (χ4n) is 4.21. The first kappa shape index (κ1) is 18.9. The van der Waals surface area contributed by atoms with E-state index in [4.69, 9.17) is 16.2 Å². The summed E-state index contributed by atoms with van der Waals surface area (Å²) in [5.41, 5.74) is 14.1. The number of quaternary nitrogens is 1. The molecule has 4 rings (SSSR count). The Labute approximate surface area is 168 Å². The summed E-state index contributed by atoms with van der Waals surface area (Å²) < 4.78 is 5.13. The number of likely N-dealkylation sites (tertiary alicyclic amines) is 1. The molecule has 1 fully saturated rings. The summed E-state index contributed by atoms with van der Waals surface area (Å²) in [5, 5.41) is 8.28. The highest BCUT2D eigenvalue weighted by atomic mass is 16.5. The highest BCUT2D eigenvalue weighted by molar-refractivity contribution is 5.98. The Morgan fingerprint density at radius 3 is 2.69 bits per heavy atom. The number of rotatable bonds is 4. The van der Waals surface area contributed by atoms with Crippen LogP contribution in [0.4, 0.5) is 10.6 Å². The first-order valence-electron chi connectivity index (χ1n) is 9.54. The number of hydrogen-bond acceptors (Lipinski definition) is 4. The third kappa shape index (κ3) is 3.21. The molecule has 2 aromatic carbocycles. The highest BCUT2D eigenvalue weighted by Gasteiger charge is 2.47. The number of aromatic nitrogens is 2. The molecular weight excluding hydrogens is 370 g/mol. The monoisotopic (exact) mass is 394 g/mol. The Hall–Kier alpha value is -3.39. The highest BCUT2D eigenvalue weighted by Crippen LogP contribution is 2.36. The van der Waals surface area contributed by atoms with E-state index in [-0.39, 0.29) is 11.0 Å². The quantitative estimate of drug-likeness (QED) is 0.588. The smallest absolute Gasteiger partial charge is 0.420 e. The molecule has 3 aromatic rings. The largest absolute Gasteiger partial charge is 0.497 e. The van der Waals surface area contributed by atoms with Gasteiger partial charge in [-0.3, -0.25) is 9.89 Å². The van der Waals surface area contributed by atoms with Crippen molar-refractivity contribution in [1.82, 2.24) is 14.7 Å². The van der Waals surface area contributed by atoms with Crippen molar-refractivity contribution < 1.29 is 14.3 Å². The topological polar surface area (TPSA) is 124 Å². The van der Waals surface area contributed by atoms with Crippen LogP contribution < -0.4 is 20.7 Å². The zero-order valence-electron chi connectivity index (χ0n) is 16.2. The van der Waals surface area contributed by atoms with Crippen molar-refractivity contribution >= 4 is 28.7 Å². The van der Waals surface area contributed by atoms with Crippen LogP contribution in [0, 0.1) is 5.92 Å². The van der Waals surface area contributed by atoms with Crippen LogP contribution in [-0.4, -0.2) is 42.3 Å². The molecule has 0 saturated carbocycles. The number of methoxy groups -OCH3 is 1. The van der Waals surface area contributed by atoms with Gasteiger partial charge in [-0.05, 0) is 48.2 Å². The van der Waals surface area contributed by atoms with E-state index in [2.05, 4.69) is 10.2 Å². The number of ether oxygens (including phenoxy) is 1. The minimum Gasteiger partial charge on any atom is -0.497 e. The molecular formula is C21H24N5O3+. The van der Waals surface area contributed by atoms with Crippen LogP contribution in [0.15, 0.2) is 42.5 Å². The number of urea groups is 1. The van der Waals surface area contributed by atoms with Gasteiger partial charge < -0.3 is 16.2 Å². The minimum atomic E-state index is -0.527. The lowest BCUT2D eigenvalue weighted by Gasteiger charge is -2.37. The van der Waals surface area contributed by atoms with Crippen LogP contribution in [0.5, 0.6) is 5.75 Å². The van der Waals surface area contributed by atoms with Gasteiger partial charge in [0.25, 0.3) is 5.82 Å². The summed E-state index contributed by atoms with van der Waals surface area (Å²) in [6, 6.07) is 13.1. The number of nitrogens with one attached hydrogen (secondary N) is 1. The molecule has 1 aromatic heterocycles. The van der Waals surface area contributed by atoms with E-state index >= 15 is 0 Å². The number of piperidine rings is 1. The molecule has 0 aliphatic carbocycles. The molecule has 8 nitrogen and oxygen atoms in total. The number of hydrogen-bond donors (Lipinski definition) is 3. The second-order valence-corrected chi connectivity index (χ2v) is 7.49. The van der Waals surface area contributed by atoms with Crippen molar-refractivity contribution in [2.75, 3.05) is 20.2 Å². The maximum atomic E-state index is 12.5. The van der Waals surface area contributed by atoms with Crippen molar-refractivity contribution in [2.45, 2.75) is 12.8 Å². The van der Waals surface area contributed by atoms with E-state index in [9.17, 15) is 9.59 Å². The van der Waals surface area contributed by atoms with Gasteiger partial charge in [0.2, 0.25) is 5.91 Å². The van der Waals surface area contributed by atoms with E-state index < -0.39 is 17.9 Å². The van der Waals surface area contributed by atoms with Crippen LogP contribution in [0.1, 0.15) is 12.8 Å². The van der Waals surface area contributed by atoms with E-state index in [0.717, 1.165) is 27.8 Å². The van der Waals surface area contributed by atoms with Crippen LogP contribution in [0.3, 0.4) is 0 Å². The molecule has 2 unspecified atom stereocenters. The van der Waals surface area contributed by atoms with Gasteiger partial charge >= 0.3 is 6.03 Å². The van der Waals surface area contributed by atoms with E-state index in [0.29, 0.717) is 25.2 Å². The van der Waals surface area contributed by atoms with Crippen LogP contribution in [0.2, 0.25) is 0 Å². The van der Waals surface area contributed by atoms with E-state index in [1.807, 2.05) is 42.5 Å². The van der Waals surface area contributed by atoms with Crippen LogP contribution in [0.25, 0.3) is 22.0 Å². The van der Waals surface area contributed by atoms with Gasteiger partial charge in [-0.25, -0.2) is 4.79 Å². The fourth-order valence-corrected chi connectivity index (χ4v) is 4.21. The number of carbonyl (C=O) groups is 2. The fraction of sp³-hybridized carbons (Fsp3) is 0.286. The number of carbonyl (C=O) groups excluding carboxylic acids is 2. The standard InChI is InChI=1S/C21H23N5O3/c1-29-16-6-2-4-13(10-16)14-7-8-17-18(11-14)24-25-20(17)26(21(23)28)9-3-5-15(12-26)19(22)27/h2,4,6-8,10-11,15H,3,5,9,12H2,1H3,(H4-,22,23,24,25,27,28)/p+1. The molecule has 3 amide bonds. The van der Waals surface area contributed by atoms with Crippen molar-refractivity contribution in [1.29, 1.82) is 0 Å². The molecule has 29 heavy (non-hydrogen) atoms. The third-order valence-electron chi connectivity index (χ3n) is 5.80. The molecule has 0 spiro atoms. The van der Waals surface area contributed by atoms with Crippen LogP contribution in [-0.2, 0) is 4.79 Å². The maximum absolute atomic E-state index is 12.5. The summed E-state index contributed by atoms with van der Waals surface area (Å²) in [7, 11) is 1.63. The predicted molar refractivity (Wildman–Crippen MR) is 111 cm³/mol. The van der Waals surface area contributed by atoms with Gasteiger partial charge in [0.15, 0.2) is 0 Å². The van der Waals surface area contributed by atoms with Gasteiger partial charge in [-0.2, -0.15) is 4.48 Å². The summed E-state index contributed by atoms with van der Waals surface area (Å²) in [6.45, 7) is 0.735. The minimum absolute atomic E-state index is 0.174. The van der Waals surface area contributed by atoms with Crippen LogP contribution >= 0.6 is 0 Å². The normalized spacial score (nSPS) is 21.8. The molecule has 150 valence electrons. The lowest BCUT2D eigenvalue weighted by Crippen LogP contribution is -2.63. The van der Waals surface area contributed by atoms with Gasteiger partial charge in [0.1, 0.15) is 12.3 Å². The second kappa shape index (κ2) is 7.21. The molecule has 2 heterocycles. The zero-order valence-corrected chi connectivity index (χ0v) is 16.2. The molecule has 5 N–H and O–H groups in total. The number of H-pyrrole nitrogens is 1. The third-order valence-corrected chi connectivity index (χ3v) is 5.80. The average Bonchev–Trinajstić information content (AvgIpc) is 3.17.